The number of nitrogens with one attached hydrogen (secondary N) is 1. The van der Waals surface area contributed by atoms with Gasteiger partial charge in [-0.05, 0) is 24.6 Å². The average Bonchev–Trinajstić information content (AvgIpc) is 2.68. The fourth-order valence-corrected chi connectivity index (χ4v) is 1.99. The van der Waals surface area contributed by atoms with Crippen LogP contribution in [0.25, 0.3) is 10.9 Å². The van der Waals surface area contributed by atoms with E-state index in [0.29, 0.717) is 29.3 Å². The Hall–Kier alpha value is -0.990. The van der Waals surface area contributed by atoms with Crippen molar-refractivity contribution in [2.24, 2.45) is 0 Å². The molecule has 1 aromatic carbocycles. The number of halogens is 2. The van der Waals surface area contributed by atoms with Crippen LogP contribution in [0.15, 0.2) is 24.4 Å². The van der Waals surface area contributed by atoms with E-state index in [9.17, 15) is 4.79 Å². The number of hydrogen-bond acceptors (Lipinski definition) is 1. The van der Waals surface area contributed by atoms with Crippen molar-refractivity contribution in [3.05, 3.63) is 35.0 Å². The van der Waals surface area contributed by atoms with Crippen LogP contribution in [0.1, 0.15) is 23.2 Å². The molecule has 0 atom stereocenters. The number of fused-ring (bicyclic) bond motifs is 1. The van der Waals surface area contributed by atoms with Gasteiger partial charge in [0.2, 0.25) is 0 Å². The van der Waals surface area contributed by atoms with E-state index < -0.39 is 0 Å². The average molecular weight is 256 g/mol. The highest BCUT2D eigenvalue weighted by Crippen LogP contribution is 2.23. The molecule has 2 aromatic rings. The lowest BCUT2D eigenvalue weighted by molar-refractivity contribution is 0.0983. The maximum atomic E-state index is 11.9. The molecule has 0 radical (unpaired) electrons. The van der Waals surface area contributed by atoms with Crippen LogP contribution in [-0.2, 0) is 0 Å². The quantitative estimate of drug-likeness (QED) is 0.650. The first kappa shape index (κ1) is 11.5. The summed E-state index contributed by atoms with van der Waals surface area (Å²) in [5, 5.41) is 1.52. The summed E-state index contributed by atoms with van der Waals surface area (Å²) in [6.45, 7) is 0. The van der Waals surface area contributed by atoms with Crippen LogP contribution in [0.5, 0.6) is 0 Å². The van der Waals surface area contributed by atoms with Crippen molar-refractivity contribution in [3.8, 4) is 0 Å². The van der Waals surface area contributed by atoms with Crippen molar-refractivity contribution in [3.63, 3.8) is 0 Å². The number of Topliss-reactive ketones (excluding diaryl/α,β-unsaturated/α-hetero) is 1. The second-order valence-electron chi connectivity index (χ2n) is 3.61. The van der Waals surface area contributed by atoms with E-state index in [-0.39, 0.29) is 5.78 Å². The second kappa shape index (κ2) is 4.89. The second-order valence-corrected chi connectivity index (χ2v) is 4.42. The standard InChI is InChI=1S/C12H11Cl2NO/c13-5-1-2-12(16)10-7-15-11-4-3-8(14)6-9(10)11/h3-4,6-7,15H,1-2,5H2. The summed E-state index contributed by atoms with van der Waals surface area (Å²) >= 11 is 11.5. The van der Waals surface area contributed by atoms with Crippen LogP contribution >= 0.6 is 23.2 Å². The minimum absolute atomic E-state index is 0.106. The third kappa shape index (κ3) is 2.23. The third-order valence-electron chi connectivity index (χ3n) is 2.48. The molecule has 1 N–H and O–H groups in total. The van der Waals surface area contributed by atoms with Crippen LogP contribution in [-0.4, -0.2) is 16.6 Å². The Labute approximate surface area is 104 Å². The number of benzene rings is 1. The van der Waals surface area contributed by atoms with Gasteiger partial charge in [0.15, 0.2) is 5.78 Å². The normalized spacial score (nSPS) is 10.9. The zero-order valence-electron chi connectivity index (χ0n) is 8.59. The molecule has 0 amide bonds. The molecular formula is C12H11Cl2NO. The molecule has 0 aliphatic heterocycles. The van der Waals surface area contributed by atoms with Gasteiger partial charge in [-0.1, -0.05) is 11.6 Å². The van der Waals surface area contributed by atoms with Crippen molar-refractivity contribution < 1.29 is 4.79 Å². The van der Waals surface area contributed by atoms with Gasteiger partial charge >= 0.3 is 0 Å². The first-order valence-corrected chi connectivity index (χ1v) is 5.99. The summed E-state index contributed by atoms with van der Waals surface area (Å²) in [6.07, 6.45) is 2.91. The highest BCUT2D eigenvalue weighted by Gasteiger charge is 2.11. The van der Waals surface area contributed by atoms with Gasteiger partial charge in [-0.15, -0.1) is 11.6 Å². The maximum Gasteiger partial charge on any atom is 0.165 e. The smallest absolute Gasteiger partial charge is 0.165 e. The fourth-order valence-electron chi connectivity index (χ4n) is 1.69. The van der Waals surface area contributed by atoms with E-state index in [1.54, 1.807) is 18.3 Å². The predicted octanol–water partition coefficient (Wildman–Crippen LogP) is 4.02. The predicted molar refractivity (Wildman–Crippen MR) is 67.6 cm³/mol. The number of H-pyrrole nitrogens is 1. The molecular weight excluding hydrogens is 245 g/mol. The number of ketones is 1. The summed E-state index contributed by atoms with van der Waals surface area (Å²) < 4.78 is 0. The number of carbonyl (C=O) groups excluding carboxylic acids is 1. The Morgan fingerprint density at radius 1 is 1.38 bits per heavy atom. The molecule has 0 aliphatic carbocycles. The summed E-state index contributed by atoms with van der Waals surface area (Å²) in [6, 6.07) is 5.48. The van der Waals surface area contributed by atoms with Gasteiger partial charge in [0.1, 0.15) is 0 Å². The van der Waals surface area contributed by atoms with Gasteiger partial charge < -0.3 is 4.98 Å². The summed E-state index contributed by atoms with van der Waals surface area (Å²) in [4.78, 5) is 14.9. The molecule has 4 heteroatoms. The lowest BCUT2D eigenvalue weighted by atomic mass is 10.1. The topological polar surface area (TPSA) is 32.9 Å². The molecule has 0 saturated heterocycles. The van der Waals surface area contributed by atoms with Crippen molar-refractivity contribution in [2.45, 2.75) is 12.8 Å². The Balaban J connectivity index is 2.37. The Kier molecular flexibility index (Phi) is 3.52. The molecule has 1 aromatic heterocycles. The Morgan fingerprint density at radius 3 is 2.94 bits per heavy atom. The number of rotatable bonds is 4. The van der Waals surface area contributed by atoms with Crippen molar-refractivity contribution >= 4 is 39.9 Å². The molecule has 0 saturated carbocycles. The largest absolute Gasteiger partial charge is 0.360 e. The third-order valence-corrected chi connectivity index (χ3v) is 2.98. The van der Waals surface area contributed by atoms with Crippen LogP contribution in [0.3, 0.4) is 0 Å². The minimum Gasteiger partial charge on any atom is -0.360 e. The maximum absolute atomic E-state index is 11.9. The van der Waals surface area contributed by atoms with E-state index in [1.165, 1.54) is 0 Å². The zero-order chi connectivity index (χ0) is 11.5. The van der Waals surface area contributed by atoms with Gasteiger partial charge in [-0.25, -0.2) is 0 Å². The molecule has 16 heavy (non-hydrogen) atoms. The number of hydrogen-bond donors (Lipinski definition) is 1. The van der Waals surface area contributed by atoms with E-state index in [1.807, 2.05) is 6.07 Å². The highest BCUT2D eigenvalue weighted by atomic mass is 35.5. The summed E-state index contributed by atoms with van der Waals surface area (Å²) in [5.74, 6) is 0.614. The first-order valence-electron chi connectivity index (χ1n) is 5.08. The van der Waals surface area contributed by atoms with E-state index in [4.69, 9.17) is 23.2 Å². The minimum atomic E-state index is 0.106. The number of carbonyl (C=O) groups is 1. The van der Waals surface area contributed by atoms with Crippen LogP contribution < -0.4 is 0 Å². The lowest BCUT2D eigenvalue weighted by Gasteiger charge is -1.98. The molecule has 0 unspecified atom stereocenters. The Morgan fingerprint density at radius 2 is 2.19 bits per heavy atom. The highest BCUT2D eigenvalue weighted by molar-refractivity contribution is 6.31. The first-order chi connectivity index (χ1) is 7.72. The molecule has 0 spiro atoms. The lowest BCUT2D eigenvalue weighted by Crippen LogP contribution is -1.97. The SMILES string of the molecule is O=C(CCCCl)c1c[nH]c2ccc(Cl)cc12. The molecule has 0 aliphatic rings. The van der Waals surface area contributed by atoms with Crippen LogP contribution in [0.4, 0.5) is 0 Å². The van der Waals surface area contributed by atoms with Gasteiger partial charge in [-0.3, -0.25) is 4.79 Å². The molecule has 1 heterocycles. The number of aromatic amines is 1. The zero-order valence-corrected chi connectivity index (χ0v) is 10.1. The number of alkyl halides is 1. The molecule has 2 rings (SSSR count). The van der Waals surface area contributed by atoms with Crippen LogP contribution in [0, 0.1) is 0 Å². The monoisotopic (exact) mass is 255 g/mol. The fraction of sp³-hybridized carbons (Fsp3) is 0.250. The van der Waals surface area contributed by atoms with Crippen LogP contribution in [0.2, 0.25) is 5.02 Å². The van der Waals surface area contributed by atoms with E-state index >= 15 is 0 Å². The molecule has 2 nitrogen and oxygen atoms in total. The number of aromatic nitrogens is 1. The van der Waals surface area contributed by atoms with Gasteiger partial charge in [0.05, 0.1) is 0 Å². The van der Waals surface area contributed by atoms with Gasteiger partial charge in [0, 0.05) is 40.0 Å². The summed E-state index contributed by atoms with van der Waals surface area (Å²) in [5.41, 5.74) is 1.63. The van der Waals surface area contributed by atoms with Crippen molar-refractivity contribution in [1.29, 1.82) is 0 Å². The van der Waals surface area contributed by atoms with Gasteiger partial charge in [-0.2, -0.15) is 0 Å². The summed E-state index contributed by atoms with van der Waals surface area (Å²) in [7, 11) is 0. The molecule has 0 bridgehead atoms. The Bertz CT molecular complexity index is 519. The molecule has 84 valence electrons. The molecule has 0 fully saturated rings. The van der Waals surface area contributed by atoms with E-state index in [2.05, 4.69) is 4.98 Å². The van der Waals surface area contributed by atoms with E-state index in [0.717, 1.165) is 10.9 Å². The van der Waals surface area contributed by atoms with Gasteiger partial charge in [0.25, 0.3) is 0 Å². The van der Waals surface area contributed by atoms with Crippen molar-refractivity contribution in [1.82, 2.24) is 4.98 Å². The van der Waals surface area contributed by atoms with Crippen molar-refractivity contribution in [2.75, 3.05) is 5.88 Å².